The number of morpholine rings is 1. The maximum Gasteiger partial charge on any atom is 0.0594 e. The molecular formula is C10H18N2O. The van der Waals surface area contributed by atoms with Gasteiger partial charge in [0.05, 0.1) is 13.2 Å². The van der Waals surface area contributed by atoms with Gasteiger partial charge in [-0.25, -0.2) is 0 Å². The van der Waals surface area contributed by atoms with Gasteiger partial charge in [-0.3, -0.25) is 4.90 Å². The van der Waals surface area contributed by atoms with E-state index < -0.39 is 0 Å². The first-order valence-electron chi connectivity index (χ1n) is 5.12. The maximum atomic E-state index is 5.80. The molecule has 1 aliphatic heterocycles. The molecule has 0 aromatic carbocycles. The highest BCUT2D eigenvalue weighted by Crippen LogP contribution is 2.16. The van der Waals surface area contributed by atoms with E-state index in [0.29, 0.717) is 6.04 Å². The molecule has 1 saturated heterocycles. The highest BCUT2D eigenvalue weighted by atomic mass is 16.5. The molecular weight excluding hydrogens is 164 g/mol. The molecule has 0 aromatic heterocycles. The Bertz CT molecular complexity index is 187. The van der Waals surface area contributed by atoms with Crippen molar-refractivity contribution >= 4 is 0 Å². The van der Waals surface area contributed by atoms with E-state index in [1.54, 1.807) is 0 Å². The summed E-state index contributed by atoms with van der Waals surface area (Å²) >= 11 is 0. The molecule has 74 valence electrons. The van der Waals surface area contributed by atoms with Crippen molar-refractivity contribution in [2.45, 2.75) is 24.9 Å². The van der Waals surface area contributed by atoms with Crippen LogP contribution in [0.3, 0.4) is 0 Å². The SMILES string of the molecule is NC1C=CC(N2CCOCC2)CC1. The van der Waals surface area contributed by atoms with E-state index in [1.165, 1.54) is 6.42 Å². The molecule has 0 aromatic rings. The Labute approximate surface area is 79.5 Å². The van der Waals surface area contributed by atoms with Gasteiger partial charge in [-0.2, -0.15) is 0 Å². The van der Waals surface area contributed by atoms with E-state index in [4.69, 9.17) is 10.5 Å². The van der Waals surface area contributed by atoms with Gasteiger partial charge in [-0.15, -0.1) is 0 Å². The topological polar surface area (TPSA) is 38.5 Å². The van der Waals surface area contributed by atoms with Crippen LogP contribution in [-0.4, -0.2) is 43.3 Å². The number of ether oxygens (including phenoxy) is 1. The average molecular weight is 182 g/mol. The summed E-state index contributed by atoms with van der Waals surface area (Å²) in [6, 6.07) is 0.904. The molecule has 3 nitrogen and oxygen atoms in total. The van der Waals surface area contributed by atoms with Crippen molar-refractivity contribution in [1.29, 1.82) is 0 Å². The van der Waals surface area contributed by atoms with Crippen molar-refractivity contribution in [2.24, 2.45) is 5.73 Å². The van der Waals surface area contributed by atoms with Gasteiger partial charge in [0.25, 0.3) is 0 Å². The largest absolute Gasteiger partial charge is 0.379 e. The second-order valence-corrected chi connectivity index (χ2v) is 3.84. The second-order valence-electron chi connectivity index (χ2n) is 3.84. The molecule has 1 fully saturated rings. The van der Waals surface area contributed by atoms with E-state index in [-0.39, 0.29) is 6.04 Å². The van der Waals surface area contributed by atoms with Gasteiger partial charge in [-0.1, -0.05) is 12.2 Å². The minimum absolute atomic E-state index is 0.289. The molecule has 13 heavy (non-hydrogen) atoms. The van der Waals surface area contributed by atoms with Gasteiger partial charge in [0.2, 0.25) is 0 Å². The minimum Gasteiger partial charge on any atom is -0.379 e. The Hall–Kier alpha value is -0.380. The van der Waals surface area contributed by atoms with Crippen LogP contribution in [0.15, 0.2) is 12.2 Å². The van der Waals surface area contributed by atoms with Crippen LogP contribution in [0.2, 0.25) is 0 Å². The first kappa shape index (κ1) is 9.19. The van der Waals surface area contributed by atoms with Crippen LogP contribution < -0.4 is 5.73 Å². The monoisotopic (exact) mass is 182 g/mol. The highest BCUT2D eigenvalue weighted by molar-refractivity contribution is 5.04. The van der Waals surface area contributed by atoms with Crippen LogP contribution in [0.5, 0.6) is 0 Å². The fourth-order valence-electron chi connectivity index (χ4n) is 2.04. The summed E-state index contributed by atoms with van der Waals surface area (Å²) in [6.45, 7) is 3.92. The van der Waals surface area contributed by atoms with Gasteiger partial charge in [0, 0.05) is 25.2 Å². The van der Waals surface area contributed by atoms with E-state index >= 15 is 0 Å². The Kier molecular flexibility index (Phi) is 2.98. The van der Waals surface area contributed by atoms with E-state index in [2.05, 4.69) is 17.1 Å². The molecule has 0 radical (unpaired) electrons. The number of nitrogens with zero attached hydrogens (tertiary/aromatic N) is 1. The van der Waals surface area contributed by atoms with Crippen molar-refractivity contribution in [3.05, 3.63) is 12.2 Å². The molecule has 2 rings (SSSR count). The van der Waals surface area contributed by atoms with Crippen LogP contribution in [0.1, 0.15) is 12.8 Å². The lowest BCUT2D eigenvalue weighted by Crippen LogP contribution is -2.44. The minimum atomic E-state index is 0.289. The maximum absolute atomic E-state index is 5.80. The molecule has 2 atom stereocenters. The fourth-order valence-corrected chi connectivity index (χ4v) is 2.04. The van der Waals surface area contributed by atoms with Crippen LogP contribution in [0, 0.1) is 0 Å². The molecule has 2 unspecified atom stereocenters. The lowest BCUT2D eigenvalue weighted by atomic mass is 9.98. The summed E-state index contributed by atoms with van der Waals surface area (Å²) in [7, 11) is 0. The zero-order chi connectivity index (χ0) is 9.10. The first-order chi connectivity index (χ1) is 6.36. The molecule has 0 spiro atoms. The summed E-state index contributed by atoms with van der Waals surface area (Å²) in [6.07, 6.45) is 6.74. The smallest absolute Gasteiger partial charge is 0.0594 e. The molecule has 1 aliphatic carbocycles. The third-order valence-corrected chi connectivity index (χ3v) is 2.89. The van der Waals surface area contributed by atoms with Crippen molar-refractivity contribution in [2.75, 3.05) is 26.3 Å². The third-order valence-electron chi connectivity index (χ3n) is 2.89. The van der Waals surface area contributed by atoms with Gasteiger partial charge in [0.1, 0.15) is 0 Å². The van der Waals surface area contributed by atoms with Crippen LogP contribution >= 0.6 is 0 Å². The zero-order valence-electron chi connectivity index (χ0n) is 7.98. The van der Waals surface area contributed by atoms with Gasteiger partial charge >= 0.3 is 0 Å². The van der Waals surface area contributed by atoms with Crippen LogP contribution in [0.25, 0.3) is 0 Å². The van der Waals surface area contributed by atoms with Crippen LogP contribution in [0.4, 0.5) is 0 Å². The standard InChI is InChI=1S/C10H18N2O/c11-9-1-3-10(4-2-9)12-5-7-13-8-6-12/h1,3,9-10H,2,4-8,11H2. The predicted molar refractivity (Wildman–Crippen MR) is 52.5 cm³/mol. The molecule has 0 saturated carbocycles. The number of rotatable bonds is 1. The third kappa shape index (κ3) is 2.30. The van der Waals surface area contributed by atoms with Crippen LogP contribution in [-0.2, 0) is 4.74 Å². The molecule has 2 N–H and O–H groups in total. The molecule has 1 heterocycles. The number of hydrogen-bond donors (Lipinski definition) is 1. The quantitative estimate of drug-likeness (QED) is 0.595. The highest BCUT2D eigenvalue weighted by Gasteiger charge is 2.21. The Morgan fingerprint density at radius 2 is 1.92 bits per heavy atom. The normalized spacial score (nSPS) is 36.4. The van der Waals surface area contributed by atoms with E-state index in [1.807, 2.05) is 0 Å². The lowest BCUT2D eigenvalue weighted by molar-refractivity contribution is 0.0229. The summed E-state index contributed by atoms with van der Waals surface area (Å²) in [5.74, 6) is 0. The van der Waals surface area contributed by atoms with Crippen molar-refractivity contribution in [3.63, 3.8) is 0 Å². The number of nitrogens with two attached hydrogens (primary N) is 1. The van der Waals surface area contributed by atoms with E-state index in [0.717, 1.165) is 32.7 Å². The van der Waals surface area contributed by atoms with E-state index in [9.17, 15) is 0 Å². The van der Waals surface area contributed by atoms with Gasteiger partial charge in [0.15, 0.2) is 0 Å². The summed E-state index contributed by atoms with van der Waals surface area (Å²) in [5.41, 5.74) is 5.80. The fraction of sp³-hybridized carbons (Fsp3) is 0.800. The van der Waals surface area contributed by atoms with Crippen molar-refractivity contribution < 1.29 is 4.74 Å². The zero-order valence-corrected chi connectivity index (χ0v) is 7.98. The van der Waals surface area contributed by atoms with Gasteiger partial charge < -0.3 is 10.5 Å². The second kappa shape index (κ2) is 4.22. The molecule has 3 heteroatoms. The molecule has 0 bridgehead atoms. The Morgan fingerprint density at radius 1 is 1.15 bits per heavy atom. The predicted octanol–water partition coefficient (Wildman–Crippen LogP) is 0.364. The first-order valence-corrected chi connectivity index (χ1v) is 5.12. The van der Waals surface area contributed by atoms with Crippen molar-refractivity contribution in [1.82, 2.24) is 4.90 Å². The van der Waals surface area contributed by atoms with Gasteiger partial charge in [-0.05, 0) is 12.8 Å². The molecule has 2 aliphatic rings. The average Bonchev–Trinajstić information content (AvgIpc) is 2.20. The number of hydrogen-bond acceptors (Lipinski definition) is 3. The summed E-state index contributed by atoms with van der Waals surface area (Å²) in [4.78, 5) is 2.49. The Balaban J connectivity index is 1.89. The Morgan fingerprint density at radius 3 is 2.54 bits per heavy atom. The van der Waals surface area contributed by atoms with Crippen molar-refractivity contribution in [3.8, 4) is 0 Å². The lowest BCUT2D eigenvalue weighted by Gasteiger charge is -2.35. The summed E-state index contributed by atoms with van der Waals surface area (Å²) < 4.78 is 5.32. The summed E-state index contributed by atoms with van der Waals surface area (Å²) in [5, 5.41) is 0. The molecule has 0 amide bonds.